The number of aromatic carboxylic acids is 1. The Balaban J connectivity index is 0.000000396. The zero-order valence-corrected chi connectivity index (χ0v) is 7.78. The van der Waals surface area contributed by atoms with Crippen molar-refractivity contribution in [3.05, 3.63) is 17.5 Å². The van der Waals surface area contributed by atoms with Crippen molar-refractivity contribution < 1.29 is 14.4 Å². The molecule has 72 valence electrons. The van der Waals surface area contributed by atoms with Gasteiger partial charge in [0.2, 0.25) is 0 Å². The van der Waals surface area contributed by atoms with E-state index in [-0.39, 0.29) is 5.69 Å². The number of nitrogens with zero attached hydrogens (tertiary/aromatic N) is 1. The van der Waals surface area contributed by atoms with Crippen LogP contribution in [0, 0.1) is 0 Å². The highest BCUT2D eigenvalue weighted by molar-refractivity contribution is 5.85. The van der Waals surface area contributed by atoms with E-state index in [1.165, 1.54) is 6.07 Å². The molecule has 0 unspecified atom stereocenters. The van der Waals surface area contributed by atoms with Gasteiger partial charge in [-0.05, 0) is 12.8 Å². The number of aromatic nitrogens is 1. The average molecular weight is 183 g/mol. The molecule has 1 aromatic heterocycles. The molecule has 0 atom stereocenters. The fraction of sp³-hybridized carbons (Fsp3) is 0.556. The SMILES string of the molecule is CC.O=C(O)c1cc(C2CC2)on1. The number of rotatable bonds is 2. The molecule has 4 heteroatoms. The highest BCUT2D eigenvalue weighted by atomic mass is 16.5. The van der Waals surface area contributed by atoms with E-state index in [9.17, 15) is 4.79 Å². The maximum absolute atomic E-state index is 10.3. The van der Waals surface area contributed by atoms with Gasteiger partial charge < -0.3 is 9.63 Å². The second-order valence-corrected chi connectivity index (χ2v) is 2.69. The first-order valence-electron chi connectivity index (χ1n) is 4.47. The number of hydrogen-bond acceptors (Lipinski definition) is 3. The Morgan fingerprint density at radius 1 is 1.62 bits per heavy atom. The Bertz CT molecular complexity index is 289. The van der Waals surface area contributed by atoms with Crippen molar-refractivity contribution in [1.82, 2.24) is 5.16 Å². The summed E-state index contributed by atoms with van der Waals surface area (Å²) in [6, 6.07) is 1.50. The molecule has 0 spiro atoms. The van der Waals surface area contributed by atoms with E-state index in [2.05, 4.69) is 5.16 Å². The van der Waals surface area contributed by atoms with Crippen LogP contribution in [0.2, 0.25) is 0 Å². The molecule has 1 aromatic rings. The van der Waals surface area contributed by atoms with Gasteiger partial charge in [-0.3, -0.25) is 0 Å². The molecule has 0 aliphatic heterocycles. The van der Waals surface area contributed by atoms with Crippen molar-refractivity contribution in [2.75, 3.05) is 0 Å². The first kappa shape index (κ1) is 9.77. The molecular formula is C9H13NO3. The number of carboxylic acids is 1. The van der Waals surface area contributed by atoms with Crippen molar-refractivity contribution >= 4 is 5.97 Å². The van der Waals surface area contributed by atoms with Crippen LogP contribution in [-0.2, 0) is 0 Å². The van der Waals surface area contributed by atoms with Crippen LogP contribution in [0.4, 0.5) is 0 Å². The standard InChI is InChI=1S/C7H7NO3.C2H6/c9-7(10)5-3-6(11-8-5)4-1-2-4;1-2/h3-4H,1-2H2,(H,9,10);1-2H3. The minimum atomic E-state index is -1.03. The molecular weight excluding hydrogens is 170 g/mol. The lowest BCUT2D eigenvalue weighted by Gasteiger charge is -1.80. The van der Waals surface area contributed by atoms with Gasteiger partial charge >= 0.3 is 5.97 Å². The molecule has 1 aliphatic carbocycles. The van der Waals surface area contributed by atoms with Gasteiger partial charge in [-0.1, -0.05) is 19.0 Å². The zero-order chi connectivity index (χ0) is 9.84. The number of hydrogen-bond donors (Lipinski definition) is 1. The van der Waals surface area contributed by atoms with Gasteiger partial charge in [0.05, 0.1) is 0 Å². The van der Waals surface area contributed by atoms with E-state index >= 15 is 0 Å². The predicted octanol–water partition coefficient (Wildman–Crippen LogP) is 2.28. The summed E-state index contributed by atoms with van der Waals surface area (Å²) in [6.07, 6.45) is 2.18. The van der Waals surface area contributed by atoms with Crippen molar-refractivity contribution in [2.45, 2.75) is 32.6 Å². The zero-order valence-electron chi connectivity index (χ0n) is 7.78. The Kier molecular flexibility index (Phi) is 3.06. The minimum absolute atomic E-state index is 0.00639. The normalized spacial score (nSPS) is 14.6. The van der Waals surface area contributed by atoms with Gasteiger partial charge in [-0.25, -0.2) is 4.79 Å². The molecule has 4 nitrogen and oxygen atoms in total. The van der Waals surface area contributed by atoms with Crippen LogP contribution in [0.25, 0.3) is 0 Å². The van der Waals surface area contributed by atoms with Gasteiger partial charge in [0.1, 0.15) is 5.76 Å². The molecule has 1 saturated carbocycles. The third-order valence-electron chi connectivity index (χ3n) is 1.73. The van der Waals surface area contributed by atoms with E-state index in [0.29, 0.717) is 11.7 Å². The summed E-state index contributed by atoms with van der Waals surface area (Å²) in [5, 5.41) is 11.9. The monoisotopic (exact) mass is 183 g/mol. The summed E-state index contributed by atoms with van der Waals surface area (Å²) >= 11 is 0. The largest absolute Gasteiger partial charge is 0.476 e. The summed E-state index contributed by atoms with van der Waals surface area (Å²) in [4.78, 5) is 10.3. The van der Waals surface area contributed by atoms with Crippen LogP contribution >= 0.6 is 0 Å². The second kappa shape index (κ2) is 4.07. The third kappa shape index (κ3) is 2.31. The van der Waals surface area contributed by atoms with Gasteiger partial charge in [0, 0.05) is 12.0 Å². The van der Waals surface area contributed by atoms with Gasteiger partial charge in [0.25, 0.3) is 0 Å². The quantitative estimate of drug-likeness (QED) is 0.763. The van der Waals surface area contributed by atoms with E-state index in [1.54, 1.807) is 0 Å². The Labute approximate surface area is 76.5 Å². The van der Waals surface area contributed by atoms with Crippen LogP contribution in [0.15, 0.2) is 10.6 Å². The van der Waals surface area contributed by atoms with E-state index in [1.807, 2.05) is 13.8 Å². The van der Waals surface area contributed by atoms with Crippen molar-refractivity contribution in [3.8, 4) is 0 Å². The fourth-order valence-corrected chi connectivity index (χ4v) is 0.950. The lowest BCUT2D eigenvalue weighted by atomic mass is 10.3. The van der Waals surface area contributed by atoms with Crippen LogP contribution in [0.5, 0.6) is 0 Å². The summed E-state index contributed by atoms with van der Waals surface area (Å²) in [6.45, 7) is 4.00. The fourth-order valence-electron chi connectivity index (χ4n) is 0.950. The lowest BCUT2D eigenvalue weighted by molar-refractivity contribution is 0.0685. The van der Waals surface area contributed by atoms with Crippen LogP contribution < -0.4 is 0 Å². The van der Waals surface area contributed by atoms with Gasteiger partial charge in [-0.2, -0.15) is 0 Å². The Morgan fingerprint density at radius 2 is 2.23 bits per heavy atom. The molecule has 0 saturated heterocycles. The summed E-state index contributed by atoms with van der Waals surface area (Å²) < 4.78 is 4.82. The average Bonchev–Trinajstić information content (AvgIpc) is 2.87. The number of carbonyl (C=O) groups is 1. The Hall–Kier alpha value is -1.32. The third-order valence-corrected chi connectivity index (χ3v) is 1.73. The molecule has 0 aromatic carbocycles. The highest BCUT2D eigenvalue weighted by Crippen LogP contribution is 2.40. The molecule has 1 N–H and O–H groups in total. The summed E-state index contributed by atoms with van der Waals surface area (Å²) in [5.74, 6) is 0.110. The van der Waals surface area contributed by atoms with Gasteiger partial charge in [0.15, 0.2) is 5.69 Å². The highest BCUT2D eigenvalue weighted by Gasteiger charge is 2.28. The Morgan fingerprint density at radius 3 is 2.62 bits per heavy atom. The van der Waals surface area contributed by atoms with Crippen molar-refractivity contribution in [2.24, 2.45) is 0 Å². The molecule has 13 heavy (non-hydrogen) atoms. The van der Waals surface area contributed by atoms with Crippen LogP contribution in [0.3, 0.4) is 0 Å². The first-order chi connectivity index (χ1) is 6.27. The van der Waals surface area contributed by atoms with Crippen LogP contribution in [0.1, 0.15) is 48.9 Å². The predicted molar refractivity (Wildman–Crippen MR) is 46.8 cm³/mol. The van der Waals surface area contributed by atoms with E-state index in [4.69, 9.17) is 9.63 Å². The lowest BCUT2D eigenvalue weighted by Crippen LogP contribution is -1.94. The molecule has 1 aliphatic rings. The number of carboxylic acid groups (broad SMARTS) is 1. The van der Waals surface area contributed by atoms with Crippen molar-refractivity contribution in [1.29, 1.82) is 0 Å². The molecule has 0 amide bonds. The molecule has 1 heterocycles. The topological polar surface area (TPSA) is 63.3 Å². The second-order valence-electron chi connectivity index (χ2n) is 2.69. The summed E-state index contributed by atoms with van der Waals surface area (Å²) in [7, 11) is 0. The molecule has 0 radical (unpaired) electrons. The van der Waals surface area contributed by atoms with Crippen LogP contribution in [-0.4, -0.2) is 16.2 Å². The van der Waals surface area contributed by atoms with E-state index in [0.717, 1.165) is 12.8 Å². The summed E-state index contributed by atoms with van der Waals surface area (Å²) in [5.41, 5.74) is 0.00639. The minimum Gasteiger partial charge on any atom is -0.476 e. The maximum Gasteiger partial charge on any atom is 0.358 e. The molecule has 0 bridgehead atoms. The van der Waals surface area contributed by atoms with Crippen molar-refractivity contribution in [3.63, 3.8) is 0 Å². The molecule has 1 fully saturated rings. The van der Waals surface area contributed by atoms with E-state index < -0.39 is 5.97 Å². The maximum atomic E-state index is 10.3. The molecule has 2 rings (SSSR count). The van der Waals surface area contributed by atoms with Gasteiger partial charge in [-0.15, -0.1) is 0 Å². The first-order valence-corrected chi connectivity index (χ1v) is 4.47. The smallest absolute Gasteiger partial charge is 0.358 e.